The number of unbranched alkanes of at least 4 members (excludes halogenated alkanes) is 2. The van der Waals surface area contributed by atoms with E-state index in [4.69, 9.17) is 9.47 Å². The Morgan fingerprint density at radius 1 is 1.05 bits per heavy atom. The quantitative estimate of drug-likeness (QED) is 0.474. The topological polar surface area (TPSA) is 52.6 Å². The van der Waals surface area contributed by atoms with Gasteiger partial charge in [0.1, 0.15) is 6.10 Å². The smallest absolute Gasteiger partial charge is 0.306 e. The molecule has 0 spiro atoms. The summed E-state index contributed by atoms with van der Waals surface area (Å²) >= 11 is 0. The molecule has 0 aromatic rings. The first-order valence-corrected chi connectivity index (χ1v) is 7.10. The molecule has 4 heteroatoms. The molecule has 19 heavy (non-hydrogen) atoms. The maximum absolute atomic E-state index is 11.5. The molecule has 0 saturated heterocycles. The second-order valence-corrected chi connectivity index (χ2v) is 5.27. The average molecular weight is 271 g/mol. The molecule has 0 N–H and O–H groups in total. The summed E-state index contributed by atoms with van der Waals surface area (Å²) in [5, 5.41) is 0. The van der Waals surface area contributed by atoms with Gasteiger partial charge in [-0.15, -0.1) is 0 Å². The third-order valence-corrected chi connectivity index (χ3v) is 2.71. The van der Waals surface area contributed by atoms with Crippen LogP contribution in [0.4, 0.5) is 0 Å². The van der Waals surface area contributed by atoms with Crippen molar-refractivity contribution in [3.63, 3.8) is 0 Å². The van der Waals surface area contributed by atoms with Gasteiger partial charge in [-0.05, 0) is 26.2 Å². The van der Waals surface area contributed by atoms with Crippen LogP contribution in [-0.2, 0) is 19.1 Å². The number of hydrogen-bond acceptors (Lipinski definition) is 4. The lowest BCUT2D eigenvalue weighted by atomic mass is 10.1. The van der Waals surface area contributed by atoms with Gasteiger partial charge in [0.15, 0.2) is 6.10 Å². The Morgan fingerprint density at radius 2 is 1.68 bits per heavy atom. The Bertz CT molecular complexity index is 273. The molecule has 1 radical (unpaired) electrons. The van der Waals surface area contributed by atoms with E-state index in [9.17, 15) is 9.59 Å². The van der Waals surface area contributed by atoms with Crippen molar-refractivity contribution in [2.75, 3.05) is 0 Å². The predicted octanol–water partition coefficient (Wildman–Crippen LogP) is 3.64. The fraction of sp³-hybridized carbons (Fsp3) is 0.800. The maximum Gasteiger partial charge on any atom is 0.306 e. The minimum Gasteiger partial charge on any atom is -0.458 e. The third kappa shape index (κ3) is 9.51. The highest BCUT2D eigenvalue weighted by molar-refractivity contribution is 5.71. The fourth-order valence-corrected chi connectivity index (χ4v) is 1.49. The normalized spacial score (nSPS) is 12.6. The molecular formula is C15H27O4. The lowest BCUT2D eigenvalue weighted by Gasteiger charge is -2.20. The van der Waals surface area contributed by atoms with Crippen LogP contribution in [0.15, 0.2) is 0 Å². The monoisotopic (exact) mass is 271 g/mol. The van der Waals surface area contributed by atoms with Gasteiger partial charge in [-0.25, -0.2) is 0 Å². The molecule has 0 amide bonds. The molecule has 0 rings (SSSR count). The van der Waals surface area contributed by atoms with Gasteiger partial charge in [-0.1, -0.05) is 33.6 Å². The molecule has 4 nitrogen and oxygen atoms in total. The van der Waals surface area contributed by atoms with Gasteiger partial charge < -0.3 is 9.47 Å². The molecule has 0 aliphatic rings. The fourth-order valence-electron chi connectivity index (χ4n) is 1.49. The van der Waals surface area contributed by atoms with E-state index in [-0.39, 0.29) is 17.9 Å². The Hall–Kier alpha value is -1.06. The van der Waals surface area contributed by atoms with Gasteiger partial charge in [-0.3, -0.25) is 9.59 Å². The van der Waals surface area contributed by atoms with E-state index in [0.717, 1.165) is 19.3 Å². The van der Waals surface area contributed by atoms with Crippen LogP contribution >= 0.6 is 0 Å². The maximum atomic E-state index is 11.5. The van der Waals surface area contributed by atoms with Crippen LogP contribution in [0.5, 0.6) is 0 Å². The van der Waals surface area contributed by atoms with Crippen LogP contribution < -0.4 is 0 Å². The number of hydrogen-bond donors (Lipinski definition) is 0. The second-order valence-electron chi connectivity index (χ2n) is 5.27. The molecule has 0 fully saturated rings. The van der Waals surface area contributed by atoms with E-state index < -0.39 is 6.10 Å². The van der Waals surface area contributed by atoms with Crippen molar-refractivity contribution in [2.45, 2.75) is 72.8 Å². The standard InChI is InChI=1S/C15H27O4/c1-6-7-8-9-14(16)18-12(4)13(5)19-15(17)10-11(2)3/h11,13H,6-10H2,1-5H3. The Kier molecular flexibility index (Phi) is 9.27. The highest BCUT2D eigenvalue weighted by Crippen LogP contribution is 2.15. The Balaban J connectivity index is 3.95. The van der Waals surface area contributed by atoms with E-state index in [2.05, 4.69) is 6.92 Å². The summed E-state index contributed by atoms with van der Waals surface area (Å²) in [5.41, 5.74) is 0. The predicted molar refractivity (Wildman–Crippen MR) is 74.2 cm³/mol. The van der Waals surface area contributed by atoms with Gasteiger partial charge in [0.25, 0.3) is 0 Å². The van der Waals surface area contributed by atoms with E-state index in [1.165, 1.54) is 0 Å². The Morgan fingerprint density at radius 3 is 2.21 bits per heavy atom. The number of carbonyl (C=O) groups excluding carboxylic acids is 2. The summed E-state index contributed by atoms with van der Waals surface area (Å²) in [7, 11) is 0. The summed E-state index contributed by atoms with van der Waals surface area (Å²) in [5.74, 6) is -0.252. The zero-order valence-electron chi connectivity index (χ0n) is 12.8. The number of ether oxygens (including phenoxy) is 2. The van der Waals surface area contributed by atoms with Crippen LogP contribution in [-0.4, -0.2) is 18.0 Å². The largest absolute Gasteiger partial charge is 0.458 e. The Labute approximate surface area is 116 Å². The van der Waals surface area contributed by atoms with Gasteiger partial charge in [-0.2, -0.15) is 0 Å². The van der Waals surface area contributed by atoms with Gasteiger partial charge in [0, 0.05) is 12.8 Å². The van der Waals surface area contributed by atoms with Crippen LogP contribution in [0.25, 0.3) is 0 Å². The van der Waals surface area contributed by atoms with Crippen molar-refractivity contribution in [3.05, 3.63) is 6.10 Å². The summed E-state index contributed by atoms with van der Waals surface area (Å²) in [4.78, 5) is 23.0. The van der Waals surface area contributed by atoms with Crippen LogP contribution in [0.1, 0.15) is 66.7 Å². The van der Waals surface area contributed by atoms with Crippen molar-refractivity contribution in [2.24, 2.45) is 5.92 Å². The van der Waals surface area contributed by atoms with Crippen molar-refractivity contribution in [1.29, 1.82) is 0 Å². The first-order valence-electron chi connectivity index (χ1n) is 7.10. The lowest BCUT2D eigenvalue weighted by molar-refractivity contribution is -0.157. The van der Waals surface area contributed by atoms with E-state index in [1.54, 1.807) is 13.8 Å². The van der Waals surface area contributed by atoms with Gasteiger partial charge in [0.2, 0.25) is 0 Å². The molecule has 111 valence electrons. The summed E-state index contributed by atoms with van der Waals surface area (Å²) in [6, 6.07) is 0. The molecule has 0 aliphatic heterocycles. The zero-order chi connectivity index (χ0) is 14.8. The third-order valence-electron chi connectivity index (χ3n) is 2.71. The first-order chi connectivity index (χ1) is 8.86. The first kappa shape index (κ1) is 17.9. The molecule has 1 unspecified atom stereocenters. The second kappa shape index (κ2) is 9.82. The molecule has 0 aliphatic carbocycles. The van der Waals surface area contributed by atoms with E-state index in [1.807, 2.05) is 13.8 Å². The summed E-state index contributed by atoms with van der Waals surface area (Å²) < 4.78 is 10.4. The molecular weight excluding hydrogens is 244 g/mol. The molecule has 1 atom stereocenters. The van der Waals surface area contributed by atoms with Crippen molar-refractivity contribution in [1.82, 2.24) is 0 Å². The molecule has 0 bridgehead atoms. The molecule has 0 aromatic carbocycles. The van der Waals surface area contributed by atoms with Crippen LogP contribution in [0, 0.1) is 12.0 Å². The highest BCUT2D eigenvalue weighted by Gasteiger charge is 2.22. The lowest BCUT2D eigenvalue weighted by Crippen LogP contribution is -2.25. The van der Waals surface area contributed by atoms with E-state index >= 15 is 0 Å². The van der Waals surface area contributed by atoms with Crippen LogP contribution in [0.3, 0.4) is 0 Å². The van der Waals surface area contributed by atoms with Crippen molar-refractivity contribution in [3.8, 4) is 0 Å². The molecule has 0 heterocycles. The van der Waals surface area contributed by atoms with Crippen molar-refractivity contribution < 1.29 is 19.1 Å². The average Bonchev–Trinajstić information content (AvgIpc) is 2.27. The van der Waals surface area contributed by atoms with Gasteiger partial charge >= 0.3 is 11.9 Å². The molecule has 0 saturated carbocycles. The van der Waals surface area contributed by atoms with Crippen LogP contribution in [0.2, 0.25) is 0 Å². The van der Waals surface area contributed by atoms with Crippen molar-refractivity contribution >= 4 is 11.9 Å². The minimum absolute atomic E-state index is 0.252. The number of carbonyl (C=O) groups is 2. The summed E-state index contributed by atoms with van der Waals surface area (Å²) in [6.07, 6.45) is 3.68. The number of esters is 2. The highest BCUT2D eigenvalue weighted by atomic mass is 16.6. The number of rotatable bonds is 9. The SMILES string of the molecule is CCCCCC(=O)O[C](C)C(C)OC(=O)CC(C)C. The zero-order valence-corrected chi connectivity index (χ0v) is 12.8. The van der Waals surface area contributed by atoms with E-state index in [0.29, 0.717) is 18.9 Å². The summed E-state index contributed by atoms with van der Waals surface area (Å²) in [6.45, 7) is 9.38. The molecule has 0 aromatic heterocycles. The van der Waals surface area contributed by atoms with Gasteiger partial charge in [0.05, 0.1) is 0 Å². The minimum atomic E-state index is -0.485.